The number of thiophene rings is 1. The van der Waals surface area contributed by atoms with Gasteiger partial charge in [0.05, 0.1) is 12.1 Å². The van der Waals surface area contributed by atoms with Gasteiger partial charge in [0, 0.05) is 22.5 Å². The quantitative estimate of drug-likeness (QED) is 0.246. The lowest BCUT2D eigenvalue weighted by Crippen LogP contribution is -2.25. The minimum absolute atomic E-state index is 0.0862. The van der Waals surface area contributed by atoms with Crippen molar-refractivity contribution in [2.24, 2.45) is 4.99 Å². The van der Waals surface area contributed by atoms with Gasteiger partial charge in [0.2, 0.25) is 0 Å². The third-order valence-corrected chi connectivity index (χ3v) is 7.44. The number of benzene rings is 1. The molecule has 1 aromatic carbocycles. The van der Waals surface area contributed by atoms with Gasteiger partial charge in [0.15, 0.2) is 5.82 Å². The van der Waals surface area contributed by atoms with Crippen molar-refractivity contribution < 1.29 is 14.7 Å². The van der Waals surface area contributed by atoms with E-state index in [1.54, 1.807) is 11.3 Å². The number of ether oxygens (including phenoxy) is 1. The van der Waals surface area contributed by atoms with Crippen LogP contribution < -0.4 is 5.48 Å². The van der Waals surface area contributed by atoms with Crippen LogP contribution in [-0.2, 0) is 16.0 Å². The SMILES string of the molecule is Cc1sc2c(c1C)C(c1ccc(CCCCNO)cc1)=N[C@H](CC(=O)OC(C)(C)C)c1nnc(C)n1-2. The molecule has 0 fully saturated rings. The minimum Gasteiger partial charge on any atom is -0.460 e. The van der Waals surface area contributed by atoms with Crippen molar-refractivity contribution in [3.8, 4) is 5.00 Å². The second kappa shape index (κ2) is 10.6. The zero-order chi connectivity index (χ0) is 26.0. The number of aryl methyl sites for hydroxylation is 3. The van der Waals surface area contributed by atoms with Crippen LogP contribution in [0.15, 0.2) is 29.3 Å². The largest absolute Gasteiger partial charge is 0.460 e. The summed E-state index contributed by atoms with van der Waals surface area (Å²) >= 11 is 1.70. The predicted octanol–water partition coefficient (Wildman–Crippen LogP) is 5.18. The number of hydroxylamine groups is 1. The van der Waals surface area contributed by atoms with Crippen LogP contribution in [0.4, 0.5) is 0 Å². The van der Waals surface area contributed by atoms with Gasteiger partial charge in [-0.2, -0.15) is 0 Å². The molecule has 1 aliphatic rings. The fourth-order valence-electron chi connectivity index (χ4n) is 4.43. The summed E-state index contributed by atoms with van der Waals surface area (Å²) in [5.41, 5.74) is 6.97. The molecule has 0 aliphatic carbocycles. The zero-order valence-electron chi connectivity index (χ0n) is 21.9. The Bertz CT molecular complexity index is 1270. The highest BCUT2D eigenvalue weighted by Crippen LogP contribution is 2.39. The molecule has 3 aromatic rings. The monoisotopic (exact) mass is 509 g/mol. The predicted molar refractivity (Wildman–Crippen MR) is 141 cm³/mol. The number of nitrogens with one attached hydrogen (secondary N) is 1. The molecule has 0 bridgehead atoms. The molecule has 8 nitrogen and oxygen atoms in total. The van der Waals surface area contributed by atoms with E-state index < -0.39 is 11.6 Å². The van der Waals surface area contributed by atoms with Crippen LogP contribution in [0.1, 0.15) is 84.9 Å². The van der Waals surface area contributed by atoms with Crippen molar-refractivity contribution >= 4 is 23.0 Å². The van der Waals surface area contributed by atoms with Gasteiger partial charge in [-0.25, -0.2) is 5.48 Å². The Labute approximate surface area is 216 Å². The number of hydrogen-bond acceptors (Lipinski definition) is 8. The number of aliphatic imine (C=N–C) groups is 1. The molecular formula is C27H35N5O3S. The van der Waals surface area contributed by atoms with Gasteiger partial charge in [-0.1, -0.05) is 24.3 Å². The lowest BCUT2D eigenvalue weighted by molar-refractivity contribution is -0.155. The first kappa shape index (κ1) is 26.2. The molecule has 3 heterocycles. The number of esters is 1. The molecule has 2 aromatic heterocycles. The van der Waals surface area contributed by atoms with Crippen molar-refractivity contribution in [2.45, 2.75) is 78.9 Å². The first-order chi connectivity index (χ1) is 17.1. The van der Waals surface area contributed by atoms with Gasteiger partial charge in [0.25, 0.3) is 0 Å². The van der Waals surface area contributed by atoms with E-state index in [2.05, 4.69) is 58.4 Å². The van der Waals surface area contributed by atoms with E-state index >= 15 is 0 Å². The second-order valence-corrected chi connectivity index (χ2v) is 11.5. The third kappa shape index (κ3) is 5.58. The molecule has 4 rings (SSSR count). The molecule has 1 aliphatic heterocycles. The number of unbranched alkanes of at least 4 members (excludes halogenated alkanes) is 1. The summed E-state index contributed by atoms with van der Waals surface area (Å²) < 4.78 is 7.68. The van der Waals surface area contributed by atoms with E-state index in [-0.39, 0.29) is 12.4 Å². The summed E-state index contributed by atoms with van der Waals surface area (Å²) in [4.78, 5) is 19.2. The van der Waals surface area contributed by atoms with Crippen LogP contribution in [0, 0.1) is 20.8 Å². The molecule has 0 unspecified atom stereocenters. The number of hydrogen-bond donors (Lipinski definition) is 2. The lowest BCUT2D eigenvalue weighted by Gasteiger charge is -2.21. The highest BCUT2D eigenvalue weighted by Gasteiger charge is 2.33. The Morgan fingerprint density at radius 2 is 1.86 bits per heavy atom. The highest BCUT2D eigenvalue weighted by atomic mass is 32.1. The van der Waals surface area contributed by atoms with E-state index in [1.807, 2.05) is 27.7 Å². The van der Waals surface area contributed by atoms with Gasteiger partial charge in [-0.05, 0) is 71.9 Å². The molecule has 1 atom stereocenters. The first-order valence-corrected chi connectivity index (χ1v) is 13.2. The Balaban J connectivity index is 1.76. The normalized spacial score (nSPS) is 15.2. The van der Waals surface area contributed by atoms with Crippen LogP contribution in [0.5, 0.6) is 0 Å². The third-order valence-electron chi connectivity index (χ3n) is 6.25. The average Bonchev–Trinajstić information content (AvgIpc) is 3.28. The number of nitrogens with zero attached hydrogens (tertiary/aromatic N) is 4. The lowest BCUT2D eigenvalue weighted by atomic mass is 9.97. The van der Waals surface area contributed by atoms with Crippen molar-refractivity contribution in [3.05, 3.63) is 63.0 Å². The van der Waals surface area contributed by atoms with E-state index in [4.69, 9.17) is 14.9 Å². The van der Waals surface area contributed by atoms with Crippen LogP contribution in [0.25, 0.3) is 5.00 Å². The van der Waals surface area contributed by atoms with Gasteiger partial charge in [-0.15, -0.1) is 21.5 Å². The van der Waals surface area contributed by atoms with E-state index in [0.29, 0.717) is 12.4 Å². The van der Waals surface area contributed by atoms with Crippen LogP contribution >= 0.6 is 11.3 Å². The van der Waals surface area contributed by atoms with E-state index in [0.717, 1.165) is 46.9 Å². The number of aromatic nitrogens is 3. The number of carbonyl (C=O) groups is 1. The number of rotatable bonds is 8. The molecule has 0 amide bonds. The summed E-state index contributed by atoms with van der Waals surface area (Å²) in [6.45, 7) is 12.4. The molecule has 0 spiro atoms. The zero-order valence-corrected chi connectivity index (χ0v) is 22.7. The Hall–Kier alpha value is -2.88. The minimum atomic E-state index is -0.576. The molecule has 0 saturated heterocycles. The summed E-state index contributed by atoms with van der Waals surface area (Å²) in [7, 11) is 0. The van der Waals surface area contributed by atoms with E-state index in [9.17, 15) is 4.79 Å². The first-order valence-electron chi connectivity index (χ1n) is 12.4. The van der Waals surface area contributed by atoms with Gasteiger partial charge in [0.1, 0.15) is 22.5 Å². The molecular weight excluding hydrogens is 474 g/mol. The van der Waals surface area contributed by atoms with Crippen molar-refractivity contribution in [2.75, 3.05) is 6.54 Å². The standard InChI is InChI=1S/C27H35N5O3S/c1-16-17(2)36-26-23(16)24(20-12-10-19(11-13-20)9-7-8-14-28-34)29-21(15-22(33)35-27(4,5)6)25-31-30-18(3)32(25)26/h10-13,21,28,34H,7-9,14-15H2,1-6H3/t21-/m1/s1. The Morgan fingerprint density at radius 3 is 2.53 bits per heavy atom. The molecule has 36 heavy (non-hydrogen) atoms. The fraction of sp³-hybridized carbons (Fsp3) is 0.481. The van der Waals surface area contributed by atoms with Gasteiger partial charge >= 0.3 is 5.97 Å². The molecule has 192 valence electrons. The molecule has 0 radical (unpaired) electrons. The summed E-state index contributed by atoms with van der Waals surface area (Å²) in [5.74, 6) is 1.12. The fourth-order valence-corrected chi connectivity index (χ4v) is 5.64. The van der Waals surface area contributed by atoms with Crippen molar-refractivity contribution in [1.82, 2.24) is 20.2 Å². The molecule has 2 N–H and O–H groups in total. The maximum Gasteiger partial charge on any atom is 0.308 e. The number of carbonyl (C=O) groups excluding carboxylic acids is 1. The second-order valence-electron chi connectivity index (χ2n) is 10.3. The smallest absolute Gasteiger partial charge is 0.308 e. The average molecular weight is 510 g/mol. The molecule has 0 saturated carbocycles. The van der Waals surface area contributed by atoms with Crippen LogP contribution in [-0.4, -0.2) is 43.8 Å². The Morgan fingerprint density at radius 1 is 1.14 bits per heavy atom. The van der Waals surface area contributed by atoms with Gasteiger partial charge in [-0.3, -0.25) is 14.4 Å². The van der Waals surface area contributed by atoms with Crippen LogP contribution in [0.2, 0.25) is 0 Å². The van der Waals surface area contributed by atoms with Crippen molar-refractivity contribution in [3.63, 3.8) is 0 Å². The summed E-state index contributed by atoms with van der Waals surface area (Å²) in [6.07, 6.45) is 2.93. The van der Waals surface area contributed by atoms with Crippen LogP contribution in [0.3, 0.4) is 0 Å². The van der Waals surface area contributed by atoms with E-state index in [1.165, 1.54) is 16.0 Å². The van der Waals surface area contributed by atoms with Crippen molar-refractivity contribution in [1.29, 1.82) is 0 Å². The van der Waals surface area contributed by atoms with Gasteiger partial charge < -0.3 is 9.94 Å². The number of fused-ring (bicyclic) bond motifs is 3. The highest BCUT2D eigenvalue weighted by molar-refractivity contribution is 7.15. The topological polar surface area (TPSA) is 102 Å². The summed E-state index contributed by atoms with van der Waals surface area (Å²) in [5, 5.41) is 18.6. The maximum atomic E-state index is 12.9. The maximum absolute atomic E-state index is 12.9. The molecule has 9 heteroatoms. The Kier molecular flexibility index (Phi) is 7.73. The summed E-state index contributed by atoms with van der Waals surface area (Å²) in [6, 6.07) is 7.98.